The molecular weight excluding hydrogens is 329 g/mol. The number of rotatable bonds is 4. The Hall–Kier alpha value is -2.92. The minimum absolute atomic E-state index is 0.191. The molecular formula is C18H13ClFN3O. The summed E-state index contributed by atoms with van der Waals surface area (Å²) in [5.41, 5.74) is 1.57. The molecule has 0 unspecified atom stereocenters. The first kappa shape index (κ1) is 16.0. The van der Waals surface area contributed by atoms with Gasteiger partial charge in [0.25, 0.3) is 5.91 Å². The molecule has 0 atom stereocenters. The Balaban J connectivity index is 1.79. The number of hydrogen-bond acceptors (Lipinski definition) is 3. The number of para-hydroxylation sites is 2. The van der Waals surface area contributed by atoms with E-state index in [0.29, 0.717) is 22.1 Å². The molecule has 3 rings (SSSR count). The molecule has 0 aliphatic heterocycles. The zero-order chi connectivity index (χ0) is 16.9. The number of pyridine rings is 1. The van der Waals surface area contributed by atoms with Crippen LogP contribution in [0.25, 0.3) is 0 Å². The standard InChI is InChI=1S/C18H13ClFN3O/c19-13-5-1-3-7-15(13)23-18(24)17-11-12(9-10-21-17)22-16-8-4-2-6-14(16)20/h1-11H,(H,21,22)(H,23,24). The third-order valence-corrected chi connectivity index (χ3v) is 3.60. The molecule has 6 heteroatoms. The summed E-state index contributed by atoms with van der Waals surface area (Å²) in [6, 6.07) is 16.4. The van der Waals surface area contributed by atoms with Gasteiger partial charge in [0.2, 0.25) is 0 Å². The van der Waals surface area contributed by atoms with Crippen LogP contribution in [0, 0.1) is 5.82 Å². The van der Waals surface area contributed by atoms with Gasteiger partial charge in [-0.3, -0.25) is 9.78 Å². The first-order chi connectivity index (χ1) is 11.6. The van der Waals surface area contributed by atoms with Crippen LogP contribution in [-0.4, -0.2) is 10.9 Å². The Morgan fingerprint density at radius 2 is 1.71 bits per heavy atom. The van der Waals surface area contributed by atoms with Crippen molar-refractivity contribution in [3.05, 3.63) is 83.4 Å². The Morgan fingerprint density at radius 3 is 2.46 bits per heavy atom. The number of nitrogens with one attached hydrogen (secondary N) is 2. The second-order valence-electron chi connectivity index (χ2n) is 4.97. The maximum Gasteiger partial charge on any atom is 0.274 e. The van der Waals surface area contributed by atoms with E-state index < -0.39 is 5.91 Å². The summed E-state index contributed by atoms with van der Waals surface area (Å²) >= 11 is 6.02. The van der Waals surface area contributed by atoms with Gasteiger partial charge in [-0.15, -0.1) is 0 Å². The van der Waals surface area contributed by atoms with E-state index in [-0.39, 0.29) is 11.5 Å². The molecule has 0 radical (unpaired) electrons. The van der Waals surface area contributed by atoms with Crippen LogP contribution < -0.4 is 10.6 Å². The molecule has 1 heterocycles. The number of nitrogens with zero attached hydrogens (tertiary/aromatic N) is 1. The molecule has 0 saturated carbocycles. The van der Waals surface area contributed by atoms with Crippen LogP contribution in [-0.2, 0) is 0 Å². The number of aromatic nitrogens is 1. The number of halogens is 2. The van der Waals surface area contributed by atoms with Crippen molar-refractivity contribution in [3.8, 4) is 0 Å². The lowest BCUT2D eigenvalue weighted by molar-refractivity contribution is 0.102. The predicted molar refractivity (Wildman–Crippen MR) is 93.3 cm³/mol. The summed E-state index contributed by atoms with van der Waals surface area (Å²) in [4.78, 5) is 16.3. The van der Waals surface area contributed by atoms with Crippen molar-refractivity contribution in [3.63, 3.8) is 0 Å². The first-order valence-electron chi connectivity index (χ1n) is 7.17. The Kier molecular flexibility index (Phi) is 4.72. The normalized spacial score (nSPS) is 10.2. The van der Waals surface area contributed by atoms with Crippen LogP contribution in [0.3, 0.4) is 0 Å². The third kappa shape index (κ3) is 3.70. The monoisotopic (exact) mass is 341 g/mol. The molecule has 0 aliphatic rings. The van der Waals surface area contributed by atoms with Gasteiger partial charge in [0.15, 0.2) is 0 Å². The highest BCUT2D eigenvalue weighted by molar-refractivity contribution is 6.33. The Morgan fingerprint density at radius 1 is 1.00 bits per heavy atom. The summed E-state index contributed by atoms with van der Waals surface area (Å²) in [7, 11) is 0. The smallest absolute Gasteiger partial charge is 0.274 e. The minimum atomic E-state index is -0.403. The summed E-state index contributed by atoms with van der Waals surface area (Å²) in [6.07, 6.45) is 1.48. The van der Waals surface area contributed by atoms with Crippen LogP contribution in [0.5, 0.6) is 0 Å². The topological polar surface area (TPSA) is 54.0 Å². The first-order valence-corrected chi connectivity index (χ1v) is 7.55. The highest BCUT2D eigenvalue weighted by Gasteiger charge is 2.11. The molecule has 2 aromatic carbocycles. The van der Waals surface area contributed by atoms with E-state index in [9.17, 15) is 9.18 Å². The van der Waals surface area contributed by atoms with Crippen LogP contribution in [0.2, 0.25) is 5.02 Å². The zero-order valence-corrected chi connectivity index (χ0v) is 13.2. The van der Waals surface area contributed by atoms with E-state index in [4.69, 9.17) is 11.6 Å². The van der Waals surface area contributed by atoms with Gasteiger partial charge in [0.05, 0.1) is 16.4 Å². The number of hydrogen-bond donors (Lipinski definition) is 2. The van der Waals surface area contributed by atoms with Gasteiger partial charge in [-0.2, -0.15) is 0 Å². The number of amides is 1. The van der Waals surface area contributed by atoms with Crippen LogP contribution in [0.4, 0.5) is 21.5 Å². The fraction of sp³-hybridized carbons (Fsp3) is 0. The van der Waals surface area contributed by atoms with Crippen LogP contribution >= 0.6 is 11.6 Å². The van der Waals surface area contributed by atoms with Crippen molar-refractivity contribution in [2.24, 2.45) is 0 Å². The molecule has 1 aromatic heterocycles. The lowest BCUT2D eigenvalue weighted by Gasteiger charge is -2.09. The molecule has 1 amide bonds. The SMILES string of the molecule is O=C(Nc1ccccc1Cl)c1cc(Nc2ccccc2F)ccn1. The van der Waals surface area contributed by atoms with E-state index >= 15 is 0 Å². The molecule has 0 saturated heterocycles. The fourth-order valence-electron chi connectivity index (χ4n) is 2.10. The number of carbonyl (C=O) groups excluding carboxylic acids is 1. The molecule has 0 bridgehead atoms. The second kappa shape index (κ2) is 7.10. The summed E-state index contributed by atoms with van der Waals surface area (Å²) in [6.45, 7) is 0. The van der Waals surface area contributed by atoms with Gasteiger partial charge < -0.3 is 10.6 Å². The van der Waals surface area contributed by atoms with Crippen molar-refractivity contribution < 1.29 is 9.18 Å². The van der Waals surface area contributed by atoms with E-state index in [1.165, 1.54) is 12.3 Å². The molecule has 120 valence electrons. The number of benzene rings is 2. The van der Waals surface area contributed by atoms with Crippen molar-refractivity contribution >= 4 is 34.6 Å². The lowest BCUT2D eigenvalue weighted by Crippen LogP contribution is -2.14. The highest BCUT2D eigenvalue weighted by atomic mass is 35.5. The number of anilines is 3. The average molecular weight is 342 g/mol. The van der Waals surface area contributed by atoms with Gasteiger partial charge in [-0.05, 0) is 36.4 Å². The van der Waals surface area contributed by atoms with E-state index in [0.717, 1.165) is 0 Å². The van der Waals surface area contributed by atoms with Gasteiger partial charge in [0.1, 0.15) is 11.5 Å². The summed E-state index contributed by atoms with van der Waals surface area (Å²) < 4.78 is 13.7. The molecule has 24 heavy (non-hydrogen) atoms. The molecule has 0 aliphatic carbocycles. The fourth-order valence-corrected chi connectivity index (χ4v) is 2.28. The summed E-state index contributed by atoms with van der Waals surface area (Å²) in [5.74, 6) is -0.781. The zero-order valence-electron chi connectivity index (χ0n) is 12.5. The molecule has 4 nitrogen and oxygen atoms in total. The Labute approximate surface area is 143 Å². The number of carbonyl (C=O) groups is 1. The quantitative estimate of drug-likeness (QED) is 0.711. The lowest BCUT2D eigenvalue weighted by atomic mass is 10.2. The largest absolute Gasteiger partial charge is 0.353 e. The summed E-state index contributed by atoms with van der Waals surface area (Å²) in [5, 5.41) is 6.05. The highest BCUT2D eigenvalue weighted by Crippen LogP contribution is 2.22. The maximum absolute atomic E-state index is 13.7. The van der Waals surface area contributed by atoms with Gasteiger partial charge in [-0.25, -0.2) is 4.39 Å². The second-order valence-corrected chi connectivity index (χ2v) is 5.38. The van der Waals surface area contributed by atoms with Crippen molar-refractivity contribution in [2.75, 3.05) is 10.6 Å². The van der Waals surface area contributed by atoms with Crippen LogP contribution in [0.15, 0.2) is 66.9 Å². The minimum Gasteiger partial charge on any atom is -0.353 e. The van der Waals surface area contributed by atoms with E-state index in [2.05, 4.69) is 15.6 Å². The molecule has 0 spiro atoms. The third-order valence-electron chi connectivity index (χ3n) is 3.27. The molecule has 3 aromatic rings. The van der Waals surface area contributed by atoms with Crippen molar-refractivity contribution in [1.29, 1.82) is 0 Å². The van der Waals surface area contributed by atoms with Gasteiger partial charge >= 0.3 is 0 Å². The van der Waals surface area contributed by atoms with E-state index in [1.807, 2.05) is 0 Å². The van der Waals surface area contributed by atoms with Gasteiger partial charge in [-0.1, -0.05) is 35.9 Å². The van der Waals surface area contributed by atoms with Crippen LogP contribution in [0.1, 0.15) is 10.5 Å². The maximum atomic E-state index is 13.7. The Bertz CT molecular complexity index is 885. The van der Waals surface area contributed by atoms with E-state index in [1.54, 1.807) is 54.6 Å². The molecule has 2 N–H and O–H groups in total. The van der Waals surface area contributed by atoms with Gasteiger partial charge in [0, 0.05) is 11.9 Å². The molecule has 0 fully saturated rings. The van der Waals surface area contributed by atoms with Crippen molar-refractivity contribution in [1.82, 2.24) is 4.98 Å². The van der Waals surface area contributed by atoms with Crippen molar-refractivity contribution in [2.45, 2.75) is 0 Å². The predicted octanol–water partition coefficient (Wildman–Crippen LogP) is 4.87. The average Bonchev–Trinajstić information content (AvgIpc) is 2.59.